The van der Waals surface area contributed by atoms with Crippen LogP contribution in [-0.2, 0) is 12.6 Å². The molecule has 1 fully saturated rings. The van der Waals surface area contributed by atoms with Gasteiger partial charge in [-0.1, -0.05) is 0 Å². The van der Waals surface area contributed by atoms with E-state index in [0.717, 1.165) is 11.4 Å². The van der Waals surface area contributed by atoms with Crippen molar-refractivity contribution in [2.24, 2.45) is 12.8 Å². The third kappa shape index (κ3) is 1.96. The van der Waals surface area contributed by atoms with Gasteiger partial charge in [-0.25, -0.2) is 8.78 Å². The predicted molar refractivity (Wildman–Crippen MR) is 57.2 cm³/mol. The molecule has 0 radical (unpaired) electrons. The lowest BCUT2D eigenvalue weighted by Gasteiger charge is -2.36. The number of hydrogen-bond acceptors (Lipinski definition) is 2. The van der Waals surface area contributed by atoms with E-state index in [1.807, 2.05) is 20.0 Å². The zero-order valence-corrected chi connectivity index (χ0v) is 9.63. The number of nitrogens with zero attached hydrogens (tertiary/aromatic N) is 2. The zero-order valence-electron chi connectivity index (χ0n) is 9.63. The summed E-state index contributed by atoms with van der Waals surface area (Å²) in [6.07, 6.45) is 0.374. The quantitative estimate of drug-likeness (QED) is 0.801. The molecule has 1 saturated carbocycles. The second-order valence-electron chi connectivity index (χ2n) is 4.81. The molecule has 1 aliphatic carbocycles. The molecule has 0 amide bonds. The fourth-order valence-corrected chi connectivity index (χ4v) is 2.39. The summed E-state index contributed by atoms with van der Waals surface area (Å²) in [5.74, 6) is -2.55. The maximum absolute atomic E-state index is 13.1. The van der Waals surface area contributed by atoms with Gasteiger partial charge in [-0.15, -0.1) is 0 Å². The number of hydrogen-bond donors (Lipinski definition) is 1. The highest BCUT2D eigenvalue weighted by Crippen LogP contribution is 2.42. The van der Waals surface area contributed by atoms with Gasteiger partial charge in [-0.05, 0) is 25.8 Å². The van der Waals surface area contributed by atoms with Crippen molar-refractivity contribution in [2.45, 2.75) is 44.1 Å². The van der Waals surface area contributed by atoms with Crippen molar-refractivity contribution in [1.82, 2.24) is 9.78 Å². The minimum atomic E-state index is -2.55. The zero-order chi connectivity index (χ0) is 12.0. The van der Waals surface area contributed by atoms with Gasteiger partial charge in [0, 0.05) is 19.9 Å². The topological polar surface area (TPSA) is 43.8 Å². The summed E-state index contributed by atoms with van der Waals surface area (Å²) in [4.78, 5) is 0. The van der Waals surface area contributed by atoms with Gasteiger partial charge in [0.1, 0.15) is 0 Å². The Hall–Kier alpha value is -0.970. The Labute approximate surface area is 93.6 Å². The monoisotopic (exact) mass is 229 g/mol. The normalized spacial score (nSPS) is 23.3. The van der Waals surface area contributed by atoms with Crippen molar-refractivity contribution in [3.05, 3.63) is 17.5 Å². The summed E-state index contributed by atoms with van der Waals surface area (Å²) in [7, 11) is 1.81. The van der Waals surface area contributed by atoms with Crippen molar-refractivity contribution >= 4 is 0 Å². The predicted octanol–water partition coefficient (Wildman–Crippen LogP) is 2.09. The second kappa shape index (κ2) is 3.52. The Bertz CT molecular complexity index is 388. The molecule has 0 spiro atoms. The van der Waals surface area contributed by atoms with Crippen molar-refractivity contribution in [3.8, 4) is 0 Å². The standard InChI is InChI=1S/C11H17F2N3/c1-8-7-9(16(2)15-8)10(14)3-5-11(12,13)6-4-10/h7H,3-6,14H2,1-2H3. The Morgan fingerprint density at radius 2 is 1.88 bits per heavy atom. The number of nitrogens with two attached hydrogens (primary N) is 1. The smallest absolute Gasteiger partial charge is 0.248 e. The van der Waals surface area contributed by atoms with Crippen LogP contribution in [-0.4, -0.2) is 15.7 Å². The lowest BCUT2D eigenvalue weighted by atomic mass is 9.78. The van der Waals surface area contributed by atoms with E-state index in [1.165, 1.54) is 0 Å². The first-order valence-electron chi connectivity index (χ1n) is 5.50. The van der Waals surface area contributed by atoms with Gasteiger partial charge in [-0.3, -0.25) is 4.68 Å². The fraction of sp³-hybridized carbons (Fsp3) is 0.727. The van der Waals surface area contributed by atoms with Crippen LogP contribution in [0.15, 0.2) is 6.07 Å². The molecule has 3 nitrogen and oxygen atoms in total. The van der Waals surface area contributed by atoms with Crippen LogP contribution < -0.4 is 5.73 Å². The number of rotatable bonds is 1. The molecule has 1 aromatic heterocycles. The van der Waals surface area contributed by atoms with Crippen LogP contribution in [0.1, 0.15) is 37.1 Å². The minimum absolute atomic E-state index is 0.131. The SMILES string of the molecule is Cc1cc(C2(N)CCC(F)(F)CC2)n(C)n1. The van der Waals surface area contributed by atoms with E-state index < -0.39 is 11.5 Å². The molecule has 0 bridgehead atoms. The first kappa shape index (κ1) is 11.5. The van der Waals surface area contributed by atoms with Crippen molar-refractivity contribution < 1.29 is 8.78 Å². The van der Waals surface area contributed by atoms with Crippen molar-refractivity contribution in [3.63, 3.8) is 0 Å². The van der Waals surface area contributed by atoms with Crippen LogP contribution in [0.3, 0.4) is 0 Å². The number of aromatic nitrogens is 2. The molecule has 0 aromatic carbocycles. The Morgan fingerprint density at radius 3 is 2.31 bits per heavy atom. The molecule has 1 aliphatic rings. The van der Waals surface area contributed by atoms with Crippen LogP contribution in [0.2, 0.25) is 0 Å². The first-order chi connectivity index (χ1) is 7.32. The molecule has 0 atom stereocenters. The Balaban J connectivity index is 2.24. The molecule has 2 N–H and O–H groups in total. The number of alkyl halides is 2. The largest absolute Gasteiger partial charge is 0.320 e. The molecular formula is C11H17F2N3. The van der Waals surface area contributed by atoms with Gasteiger partial charge < -0.3 is 5.73 Å². The highest BCUT2D eigenvalue weighted by atomic mass is 19.3. The summed E-state index contributed by atoms with van der Waals surface area (Å²) < 4.78 is 27.9. The lowest BCUT2D eigenvalue weighted by molar-refractivity contribution is -0.0523. The van der Waals surface area contributed by atoms with Crippen LogP contribution in [0.25, 0.3) is 0 Å². The number of aryl methyl sites for hydroxylation is 2. The fourth-order valence-electron chi connectivity index (χ4n) is 2.39. The first-order valence-corrected chi connectivity index (χ1v) is 5.50. The summed E-state index contributed by atoms with van der Waals surface area (Å²) >= 11 is 0. The van der Waals surface area contributed by atoms with Gasteiger partial charge in [0.05, 0.1) is 16.9 Å². The third-order valence-corrected chi connectivity index (χ3v) is 3.39. The van der Waals surface area contributed by atoms with Crippen LogP contribution >= 0.6 is 0 Å². The molecule has 0 aliphatic heterocycles. The molecule has 0 saturated heterocycles. The van der Waals surface area contributed by atoms with E-state index in [2.05, 4.69) is 5.10 Å². The van der Waals surface area contributed by atoms with E-state index in [0.29, 0.717) is 12.8 Å². The molecule has 0 unspecified atom stereocenters. The van der Waals surface area contributed by atoms with E-state index >= 15 is 0 Å². The summed E-state index contributed by atoms with van der Waals surface area (Å²) in [5, 5.41) is 4.22. The maximum Gasteiger partial charge on any atom is 0.248 e. The van der Waals surface area contributed by atoms with Crippen LogP contribution in [0, 0.1) is 6.92 Å². The molecule has 1 aromatic rings. The lowest BCUT2D eigenvalue weighted by Crippen LogP contribution is -2.44. The van der Waals surface area contributed by atoms with Gasteiger partial charge in [0.2, 0.25) is 5.92 Å². The van der Waals surface area contributed by atoms with Gasteiger partial charge in [0.15, 0.2) is 0 Å². The average Bonchev–Trinajstić information content (AvgIpc) is 2.52. The van der Waals surface area contributed by atoms with Crippen LogP contribution in [0.5, 0.6) is 0 Å². The highest BCUT2D eigenvalue weighted by Gasteiger charge is 2.43. The number of halogens is 2. The Kier molecular flexibility index (Phi) is 2.53. The molecule has 5 heteroatoms. The van der Waals surface area contributed by atoms with E-state index in [9.17, 15) is 8.78 Å². The van der Waals surface area contributed by atoms with Gasteiger partial charge >= 0.3 is 0 Å². The van der Waals surface area contributed by atoms with E-state index in [4.69, 9.17) is 5.73 Å². The summed E-state index contributed by atoms with van der Waals surface area (Å²) in [6.45, 7) is 1.88. The second-order valence-corrected chi connectivity index (χ2v) is 4.81. The molecule has 1 heterocycles. The van der Waals surface area contributed by atoms with Gasteiger partial charge in [0.25, 0.3) is 0 Å². The minimum Gasteiger partial charge on any atom is -0.320 e. The third-order valence-electron chi connectivity index (χ3n) is 3.39. The van der Waals surface area contributed by atoms with E-state index in [1.54, 1.807) is 4.68 Å². The van der Waals surface area contributed by atoms with Crippen LogP contribution in [0.4, 0.5) is 8.78 Å². The Morgan fingerprint density at radius 1 is 1.31 bits per heavy atom. The molecule has 90 valence electrons. The van der Waals surface area contributed by atoms with Gasteiger partial charge in [-0.2, -0.15) is 5.10 Å². The van der Waals surface area contributed by atoms with Crippen molar-refractivity contribution in [2.75, 3.05) is 0 Å². The maximum atomic E-state index is 13.1. The summed E-state index contributed by atoms with van der Waals surface area (Å²) in [5.41, 5.74) is 7.32. The molecule has 2 rings (SSSR count). The average molecular weight is 229 g/mol. The molecule has 16 heavy (non-hydrogen) atoms. The van der Waals surface area contributed by atoms with Crippen molar-refractivity contribution in [1.29, 1.82) is 0 Å². The molecular weight excluding hydrogens is 212 g/mol. The van der Waals surface area contributed by atoms with E-state index in [-0.39, 0.29) is 12.8 Å². The highest BCUT2D eigenvalue weighted by molar-refractivity contribution is 5.19. The summed E-state index contributed by atoms with van der Waals surface area (Å²) in [6, 6.07) is 1.89.